The summed E-state index contributed by atoms with van der Waals surface area (Å²) in [7, 11) is 0. The third-order valence-corrected chi connectivity index (χ3v) is 3.08. The first-order chi connectivity index (χ1) is 6.34. The number of ether oxygens (including phenoxy) is 1. The smallest absolute Gasteiger partial charge is 0.0507 e. The molecular formula is C10H20N2O. The van der Waals surface area contributed by atoms with Crippen LogP contribution in [0.2, 0.25) is 0 Å². The normalized spacial score (nSPS) is 36.7. The van der Waals surface area contributed by atoms with Gasteiger partial charge >= 0.3 is 0 Å². The van der Waals surface area contributed by atoms with Gasteiger partial charge in [0.15, 0.2) is 0 Å². The molecule has 0 radical (unpaired) electrons. The summed E-state index contributed by atoms with van der Waals surface area (Å²) >= 11 is 0. The summed E-state index contributed by atoms with van der Waals surface area (Å²) in [5.41, 5.74) is 5.93. The van der Waals surface area contributed by atoms with Crippen molar-refractivity contribution in [2.45, 2.75) is 25.3 Å². The minimum absolute atomic E-state index is 0.413. The maximum Gasteiger partial charge on any atom is 0.0507 e. The zero-order chi connectivity index (χ0) is 9.10. The SMILES string of the molecule is N[C@@H]1CCCN(CC2CCOC2)C1. The van der Waals surface area contributed by atoms with E-state index in [1.807, 2.05) is 0 Å². The molecule has 2 heterocycles. The summed E-state index contributed by atoms with van der Waals surface area (Å²) in [5, 5.41) is 0. The van der Waals surface area contributed by atoms with Crippen LogP contribution in [0.1, 0.15) is 19.3 Å². The topological polar surface area (TPSA) is 38.5 Å². The van der Waals surface area contributed by atoms with Crippen molar-refractivity contribution in [3.8, 4) is 0 Å². The van der Waals surface area contributed by atoms with E-state index in [1.165, 1.54) is 32.4 Å². The third kappa shape index (κ3) is 2.66. The summed E-state index contributed by atoms with van der Waals surface area (Å²) in [5.74, 6) is 0.769. The van der Waals surface area contributed by atoms with Crippen molar-refractivity contribution < 1.29 is 4.74 Å². The van der Waals surface area contributed by atoms with Crippen molar-refractivity contribution in [2.75, 3.05) is 32.8 Å². The predicted octanol–water partition coefficient (Wildman–Crippen LogP) is 0.446. The van der Waals surface area contributed by atoms with E-state index in [0.717, 1.165) is 25.7 Å². The highest BCUT2D eigenvalue weighted by Crippen LogP contribution is 2.16. The van der Waals surface area contributed by atoms with E-state index in [4.69, 9.17) is 10.5 Å². The lowest BCUT2D eigenvalue weighted by molar-refractivity contribution is 0.151. The van der Waals surface area contributed by atoms with Crippen LogP contribution in [0.4, 0.5) is 0 Å². The minimum atomic E-state index is 0.413. The van der Waals surface area contributed by atoms with Crippen LogP contribution in [0.3, 0.4) is 0 Å². The Morgan fingerprint density at radius 3 is 3.00 bits per heavy atom. The number of nitrogens with two attached hydrogens (primary N) is 1. The van der Waals surface area contributed by atoms with Crippen LogP contribution >= 0.6 is 0 Å². The highest BCUT2D eigenvalue weighted by atomic mass is 16.5. The maximum absolute atomic E-state index is 5.93. The van der Waals surface area contributed by atoms with Gasteiger partial charge in [-0.25, -0.2) is 0 Å². The van der Waals surface area contributed by atoms with Crippen LogP contribution in [0, 0.1) is 5.92 Å². The Morgan fingerprint density at radius 1 is 1.38 bits per heavy atom. The van der Waals surface area contributed by atoms with Gasteiger partial charge in [-0.15, -0.1) is 0 Å². The van der Waals surface area contributed by atoms with E-state index in [2.05, 4.69) is 4.90 Å². The van der Waals surface area contributed by atoms with Gasteiger partial charge in [-0.05, 0) is 31.7 Å². The van der Waals surface area contributed by atoms with Crippen molar-refractivity contribution in [3.63, 3.8) is 0 Å². The first-order valence-corrected chi connectivity index (χ1v) is 5.40. The predicted molar refractivity (Wildman–Crippen MR) is 52.6 cm³/mol. The van der Waals surface area contributed by atoms with E-state index in [9.17, 15) is 0 Å². The lowest BCUT2D eigenvalue weighted by atomic mass is 10.0. The van der Waals surface area contributed by atoms with Gasteiger partial charge in [0.05, 0.1) is 6.61 Å². The maximum atomic E-state index is 5.93. The van der Waals surface area contributed by atoms with Gasteiger partial charge in [0.2, 0.25) is 0 Å². The van der Waals surface area contributed by atoms with E-state index >= 15 is 0 Å². The van der Waals surface area contributed by atoms with Crippen LogP contribution in [-0.2, 0) is 4.74 Å². The monoisotopic (exact) mass is 184 g/mol. The fraction of sp³-hybridized carbons (Fsp3) is 1.00. The van der Waals surface area contributed by atoms with Crippen molar-refractivity contribution in [1.29, 1.82) is 0 Å². The fourth-order valence-corrected chi connectivity index (χ4v) is 2.35. The molecule has 0 spiro atoms. The van der Waals surface area contributed by atoms with Gasteiger partial charge in [0.25, 0.3) is 0 Å². The summed E-state index contributed by atoms with van der Waals surface area (Å²) in [6.45, 7) is 5.46. The molecule has 2 N–H and O–H groups in total. The Morgan fingerprint density at radius 2 is 2.31 bits per heavy atom. The Labute approximate surface area is 80.2 Å². The molecule has 2 saturated heterocycles. The molecule has 2 fully saturated rings. The van der Waals surface area contributed by atoms with Gasteiger partial charge in [-0.1, -0.05) is 0 Å². The van der Waals surface area contributed by atoms with E-state index < -0.39 is 0 Å². The van der Waals surface area contributed by atoms with E-state index in [1.54, 1.807) is 0 Å². The van der Waals surface area contributed by atoms with Crippen LogP contribution in [-0.4, -0.2) is 43.8 Å². The van der Waals surface area contributed by atoms with Crippen LogP contribution < -0.4 is 5.73 Å². The zero-order valence-electron chi connectivity index (χ0n) is 8.24. The lowest BCUT2D eigenvalue weighted by Crippen LogP contribution is -2.44. The first-order valence-electron chi connectivity index (χ1n) is 5.40. The largest absolute Gasteiger partial charge is 0.381 e. The minimum Gasteiger partial charge on any atom is -0.381 e. The lowest BCUT2D eigenvalue weighted by Gasteiger charge is -2.32. The van der Waals surface area contributed by atoms with Crippen molar-refractivity contribution in [2.24, 2.45) is 11.7 Å². The molecule has 0 amide bonds. The molecule has 3 nitrogen and oxygen atoms in total. The Balaban J connectivity index is 1.73. The van der Waals surface area contributed by atoms with Gasteiger partial charge in [0.1, 0.15) is 0 Å². The molecule has 0 aromatic heterocycles. The molecular weight excluding hydrogens is 164 g/mol. The van der Waals surface area contributed by atoms with E-state index in [-0.39, 0.29) is 0 Å². The summed E-state index contributed by atoms with van der Waals surface area (Å²) in [6, 6.07) is 0.413. The number of piperidine rings is 1. The Bertz CT molecular complexity index is 157. The highest BCUT2D eigenvalue weighted by molar-refractivity contribution is 4.78. The molecule has 3 heteroatoms. The average molecular weight is 184 g/mol. The molecule has 13 heavy (non-hydrogen) atoms. The highest BCUT2D eigenvalue weighted by Gasteiger charge is 2.22. The zero-order valence-corrected chi connectivity index (χ0v) is 8.24. The quantitative estimate of drug-likeness (QED) is 0.677. The number of hydrogen-bond acceptors (Lipinski definition) is 3. The van der Waals surface area contributed by atoms with Gasteiger partial charge in [-0.3, -0.25) is 0 Å². The van der Waals surface area contributed by atoms with Crippen molar-refractivity contribution in [3.05, 3.63) is 0 Å². The number of likely N-dealkylation sites (tertiary alicyclic amines) is 1. The molecule has 2 aliphatic rings. The average Bonchev–Trinajstić information content (AvgIpc) is 2.57. The molecule has 76 valence electrons. The number of nitrogens with zero attached hydrogens (tertiary/aromatic N) is 1. The molecule has 0 saturated carbocycles. The molecule has 0 aromatic rings. The van der Waals surface area contributed by atoms with Crippen molar-refractivity contribution >= 4 is 0 Å². The van der Waals surface area contributed by atoms with Crippen LogP contribution in [0.15, 0.2) is 0 Å². The summed E-state index contributed by atoms with van der Waals surface area (Å²) in [4.78, 5) is 2.51. The Hall–Kier alpha value is -0.120. The van der Waals surface area contributed by atoms with Gasteiger partial charge in [0, 0.05) is 25.7 Å². The van der Waals surface area contributed by atoms with E-state index in [0.29, 0.717) is 6.04 Å². The van der Waals surface area contributed by atoms with Gasteiger partial charge in [-0.2, -0.15) is 0 Å². The second kappa shape index (κ2) is 4.40. The summed E-state index contributed by atoms with van der Waals surface area (Å²) < 4.78 is 5.37. The van der Waals surface area contributed by atoms with Gasteiger partial charge < -0.3 is 15.4 Å². The molecule has 2 aliphatic heterocycles. The first kappa shape index (κ1) is 9.44. The van der Waals surface area contributed by atoms with Crippen molar-refractivity contribution in [1.82, 2.24) is 4.90 Å². The standard InChI is InChI=1S/C10H20N2O/c11-10-2-1-4-12(7-10)6-9-3-5-13-8-9/h9-10H,1-8,11H2/t9?,10-/m1/s1. The van der Waals surface area contributed by atoms with Crippen LogP contribution in [0.5, 0.6) is 0 Å². The number of rotatable bonds is 2. The Kier molecular flexibility index (Phi) is 3.19. The molecule has 0 aliphatic carbocycles. The molecule has 0 aromatic carbocycles. The second-order valence-corrected chi connectivity index (χ2v) is 4.39. The third-order valence-electron chi connectivity index (χ3n) is 3.08. The van der Waals surface area contributed by atoms with Crippen LogP contribution in [0.25, 0.3) is 0 Å². The fourth-order valence-electron chi connectivity index (χ4n) is 2.35. The second-order valence-electron chi connectivity index (χ2n) is 4.39. The molecule has 2 atom stereocenters. The number of hydrogen-bond donors (Lipinski definition) is 1. The molecule has 2 rings (SSSR count). The summed E-state index contributed by atoms with van der Waals surface area (Å²) in [6.07, 6.45) is 3.72. The molecule has 1 unspecified atom stereocenters. The molecule has 0 bridgehead atoms.